The number of aromatic nitrogens is 2. The van der Waals surface area contributed by atoms with Crippen LogP contribution in [0.5, 0.6) is 11.5 Å². The van der Waals surface area contributed by atoms with Crippen LogP contribution in [0.2, 0.25) is 0 Å². The van der Waals surface area contributed by atoms with Crippen molar-refractivity contribution in [2.24, 2.45) is 11.3 Å². The van der Waals surface area contributed by atoms with Crippen LogP contribution in [0, 0.1) is 11.3 Å². The molecule has 1 aliphatic carbocycles. The number of nitrogens with one attached hydrogen (secondary N) is 1. The molecule has 0 aliphatic heterocycles. The van der Waals surface area contributed by atoms with Crippen molar-refractivity contribution in [1.82, 2.24) is 9.55 Å². The highest BCUT2D eigenvalue weighted by Crippen LogP contribution is 2.46. The minimum atomic E-state index is -0.238. The predicted molar refractivity (Wildman–Crippen MR) is 148 cm³/mol. The first-order chi connectivity index (χ1) is 17.6. The minimum Gasteiger partial charge on any atom is -0.496 e. The van der Waals surface area contributed by atoms with E-state index in [1.807, 2.05) is 38.1 Å². The second-order valence-corrected chi connectivity index (χ2v) is 11.4. The van der Waals surface area contributed by atoms with Crippen LogP contribution in [0.3, 0.4) is 0 Å². The number of fused-ring (bicyclic) bond motifs is 1. The molecule has 0 bridgehead atoms. The minimum absolute atomic E-state index is 0.128. The summed E-state index contributed by atoms with van der Waals surface area (Å²) in [6.07, 6.45) is 4.34. The van der Waals surface area contributed by atoms with Gasteiger partial charge < -0.3 is 24.1 Å². The lowest BCUT2D eigenvalue weighted by atomic mass is 9.70. The molecule has 37 heavy (non-hydrogen) atoms. The lowest BCUT2D eigenvalue weighted by molar-refractivity contribution is -0.140. The Morgan fingerprint density at radius 3 is 2.51 bits per heavy atom. The molecule has 200 valence electrons. The Kier molecular flexibility index (Phi) is 8.00. The van der Waals surface area contributed by atoms with Gasteiger partial charge in [-0.1, -0.05) is 20.8 Å². The molecule has 7 nitrogen and oxygen atoms in total. The van der Waals surface area contributed by atoms with E-state index >= 15 is 0 Å². The number of imidazole rings is 1. The van der Waals surface area contributed by atoms with Crippen molar-refractivity contribution in [3.8, 4) is 11.5 Å². The average Bonchev–Trinajstić information content (AvgIpc) is 3.17. The van der Waals surface area contributed by atoms with Gasteiger partial charge in [-0.25, -0.2) is 4.98 Å². The Morgan fingerprint density at radius 1 is 1.16 bits per heavy atom. The molecule has 0 amide bonds. The Labute approximate surface area is 220 Å². The highest BCUT2D eigenvalue weighted by molar-refractivity contribution is 5.83. The van der Waals surface area contributed by atoms with Crippen molar-refractivity contribution in [3.63, 3.8) is 0 Å². The van der Waals surface area contributed by atoms with Crippen LogP contribution in [0.15, 0.2) is 36.4 Å². The van der Waals surface area contributed by atoms with Gasteiger partial charge in [0.2, 0.25) is 5.95 Å². The molecule has 1 N–H and O–H groups in total. The zero-order valence-electron chi connectivity index (χ0n) is 23.3. The zero-order valence-corrected chi connectivity index (χ0v) is 23.3. The first-order valence-electron chi connectivity index (χ1n) is 13.3. The molecule has 7 heteroatoms. The number of carbonyl (C=O) groups excluding carboxylic acids is 1. The smallest absolute Gasteiger partial charge is 0.305 e. The number of aryl methyl sites for hydroxylation is 1. The summed E-state index contributed by atoms with van der Waals surface area (Å²) in [6.45, 7) is 11.1. The number of carbonyl (C=O) groups is 1. The normalized spacial score (nSPS) is 19.1. The summed E-state index contributed by atoms with van der Waals surface area (Å²) in [5.74, 6) is 2.81. The molecule has 3 aromatic rings. The molecule has 1 heterocycles. The van der Waals surface area contributed by atoms with Crippen LogP contribution in [-0.2, 0) is 16.0 Å². The van der Waals surface area contributed by atoms with Crippen molar-refractivity contribution >= 4 is 28.6 Å². The van der Waals surface area contributed by atoms with Gasteiger partial charge in [-0.2, -0.15) is 0 Å². The highest BCUT2D eigenvalue weighted by atomic mass is 16.5. The van der Waals surface area contributed by atoms with Gasteiger partial charge in [0, 0.05) is 24.2 Å². The topological polar surface area (TPSA) is 74.6 Å². The monoisotopic (exact) mass is 507 g/mol. The van der Waals surface area contributed by atoms with Crippen LogP contribution < -0.4 is 14.8 Å². The van der Waals surface area contributed by atoms with Crippen molar-refractivity contribution in [3.05, 3.63) is 42.0 Å². The average molecular weight is 508 g/mol. The van der Waals surface area contributed by atoms with E-state index < -0.39 is 0 Å². The van der Waals surface area contributed by atoms with Crippen LogP contribution in [0.4, 0.5) is 11.6 Å². The number of anilines is 2. The van der Waals surface area contributed by atoms with Crippen molar-refractivity contribution in [2.75, 3.05) is 19.5 Å². The molecular formula is C30H41N3O4. The molecule has 1 aliphatic rings. The summed E-state index contributed by atoms with van der Waals surface area (Å²) in [5, 5.41) is 3.58. The maximum atomic E-state index is 11.8. The van der Waals surface area contributed by atoms with E-state index in [0.717, 1.165) is 52.6 Å². The lowest BCUT2D eigenvalue weighted by Gasteiger charge is -2.40. The molecule has 2 atom stereocenters. The van der Waals surface area contributed by atoms with E-state index in [0.29, 0.717) is 24.8 Å². The summed E-state index contributed by atoms with van der Waals surface area (Å²) >= 11 is 0. The Hall–Kier alpha value is -3.22. The zero-order chi connectivity index (χ0) is 26.7. The van der Waals surface area contributed by atoms with E-state index in [9.17, 15) is 4.79 Å². The number of benzene rings is 2. The van der Waals surface area contributed by atoms with Gasteiger partial charge in [0.05, 0.1) is 31.4 Å². The number of nitrogens with zero attached hydrogens (tertiary/aromatic N) is 2. The van der Waals surface area contributed by atoms with Crippen LogP contribution in [0.25, 0.3) is 11.0 Å². The lowest BCUT2D eigenvalue weighted by Crippen LogP contribution is -2.29. The standard InChI is InChI=1S/C30H41N3O4/c1-19(2)37-24-11-9-22(10-12-24)31-29-32-25-15-21(8-13-28(34)36-7)27(35-6)16-26(25)33(29)23-14-20(3)17-30(4,5)18-23/h9-12,15-16,19-20,23H,8,13-14,17-18H2,1-7H3,(H,31,32). The molecule has 1 fully saturated rings. The van der Waals surface area contributed by atoms with Gasteiger partial charge in [0.1, 0.15) is 11.5 Å². The van der Waals surface area contributed by atoms with E-state index in [2.05, 4.69) is 42.8 Å². The first kappa shape index (κ1) is 26.8. The highest BCUT2D eigenvalue weighted by Gasteiger charge is 2.35. The second kappa shape index (κ2) is 11.0. The fourth-order valence-electron chi connectivity index (χ4n) is 5.86. The van der Waals surface area contributed by atoms with Gasteiger partial charge in [-0.3, -0.25) is 4.79 Å². The van der Waals surface area contributed by atoms with E-state index in [1.165, 1.54) is 13.5 Å². The molecule has 1 saturated carbocycles. The number of rotatable bonds is 9. The summed E-state index contributed by atoms with van der Waals surface area (Å²) in [6, 6.07) is 12.4. The van der Waals surface area contributed by atoms with E-state index in [1.54, 1.807) is 7.11 Å². The summed E-state index contributed by atoms with van der Waals surface area (Å²) in [7, 11) is 3.09. The van der Waals surface area contributed by atoms with Crippen LogP contribution in [-0.4, -0.2) is 35.8 Å². The predicted octanol–water partition coefficient (Wildman–Crippen LogP) is 7.07. The first-order valence-corrected chi connectivity index (χ1v) is 13.3. The third-order valence-corrected chi connectivity index (χ3v) is 7.13. The Morgan fingerprint density at radius 2 is 1.89 bits per heavy atom. The Bertz CT molecular complexity index is 1230. The molecule has 2 aromatic carbocycles. The van der Waals surface area contributed by atoms with Gasteiger partial charge in [-0.05, 0) is 86.8 Å². The molecule has 1 aromatic heterocycles. The summed E-state index contributed by atoms with van der Waals surface area (Å²) in [4.78, 5) is 16.8. The second-order valence-electron chi connectivity index (χ2n) is 11.4. The van der Waals surface area contributed by atoms with Crippen molar-refractivity contribution in [1.29, 1.82) is 0 Å². The third-order valence-electron chi connectivity index (χ3n) is 7.13. The van der Waals surface area contributed by atoms with Gasteiger partial charge >= 0.3 is 5.97 Å². The summed E-state index contributed by atoms with van der Waals surface area (Å²) in [5.41, 5.74) is 4.07. The maximum absolute atomic E-state index is 11.8. The molecule has 0 saturated heterocycles. The fraction of sp³-hybridized carbons (Fsp3) is 0.533. The number of ether oxygens (including phenoxy) is 3. The van der Waals surface area contributed by atoms with Crippen LogP contribution in [0.1, 0.15) is 71.9 Å². The molecule has 4 rings (SSSR count). The molecule has 0 radical (unpaired) electrons. The molecule has 0 spiro atoms. The third kappa shape index (κ3) is 6.38. The van der Waals surface area contributed by atoms with Crippen molar-refractivity contribution in [2.45, 2.75) is 78.9 Å². The fourth-order valence-corrected chi connectivity index (χ4v) is 5.86. The number of hydrogen-bond acceptors (Lipinski definition) is 6. The summed E-state index contributed by atoms with van der Waals surface area (Å²) < 4.78 is 18.8. The molecular weight excluding hydrogens is 466 g/mol. The van der Waals surface area contributed by atoms with Gasteiger partial charge in [-0.15, -0.1) is 0 Å². The van der Waals surface area contributed by atoms with Crippen molar-refractivity contribution < 1.29 is 19.0 Å². The Balaban J connectivity index is 1.76. The quantitative estimate of drug-likeness (QED) is 0.312. The SMILES string of the molecule is COC(=O)CCc1cc2nc(Nc3ccc(OC(C)C)cc3)n(C3CC(C)CC(C)(C)C3)c2cc1OC. The van der Waals surface area contributed by atoms with Crippen LogP contribution >= 0.6 is 0 Å². The van der Waals surface area contributed by atoms with E-state index in [-0.39, 0.29) is 17.5 Å². The largest absolute Gasteiger partial charge is 0.496 e. The number of esters is 1. The van der Waals surface area contributed by atoms with E-state index in [4.69, 9.17) is 19.2 Å². The van der Waals surface area contributed by atoms with Gasteiger partial charge in [0.15, 0.2) is 0 Å². The molecule has 2 unspecified atom stereocenters. The maximum Gasteiger partial charge on any atom is 0.305 e. The number of methoxy groups -OCH3 is 2. The van der Waals surface area contributed by atoms with Gasteiger partial charge in [0.25, 0.3) is 0 Å². The number of hydrogen-bond donors (Lipinski definition) is 1.